The highest BCUT2D eigenvalue weighted by atomic mass is 19.1. The quantitative estimate of drug-likeness (QED) is 0.423. The fourth-order valence-electron chi connectivity index (χ4n) is 2.17. The second-order valence-electron chi connectivity index (χ2n) is 5.06. The van der Waals surface area contributed by atoms with Crippen LogP contribution in [-0.4, -0.2) is 15.9 Å². The molecule has 0 aliphatic carbocycles. The summed E-state index contributed by atoms with van der Waals surface area (Å²) in [5.41, 5.74) is 1.40. The number of halogens is 1. The zero-order valence-corrected chi connectivity index (χ0v) is 12.1. The van der Waals surface area contributed by atoms with Gasteiger partial charge in [-0.1, -0.05) is 12.1 Å². The first-order chi connectivity index (χ1) is 11.1. The van der Waals surface area contributed by atoms with E-state index in [1.54, 1.807) is 42.7 Å². The second kappa shape index (κ2) is 6.36. The summed E-state index contributed by atoms with van der Waals surface area (Å²) in [6.07, 6.45) is 4.81. The van der Waals surface area contributed by atoms with E-state index in [1.807, 2.05) is 0 Å². The van der Waals surface area contributed by atoms with Gasteiger partial charge in [0, 0.05) is 30.5 Å². The fraction of sp³-hybridized carbons (Fsp3) is 0.0556. The summed E-state index contributed by atoms with van der Waals surface area (Å²) in [6, 6.07) is 11.0. The lowest BCUT2D eigenvalue weighted by Crippen LogP contribution is -1.94. The van der Waals surface area contributed by atoms with E-state index in [4.69, 9.17) is 4.42 Å². The van der Waals surface area contributed by atoms with Crippen LogP contribution in [-0.2, 0) is 6.42 Å². The number of rotatable bonds is 5. The van der Waals surface area contributed by atoms with Gasteiger partial charge in [-0.05, 0) is 35.9 Å². The lowest BCUT2D eigenvalue weighted by atomic mass is 10.1. The Morgan fingerprint density at radius 2 is 1.96 bits per heavy atom. The Morgan fingerprint density at radius 3 is 2.65 bits per heavy atom. The van der Waals surface area contributed by atoms with Crippen LogP contribution in [0.4, 0.5) is 4.39 Å². The summed E-state index contributed by atoms with van der Waals surface area (Å²) in [5.74, 6) is -0.116. The molecule has 0 spiro atoms. The molecule has 4 nitrogen and oxygen atoms in total. The molecular formula is C18H14FNO3. The van der Waals surface area contributed by atoms with Crippen LogP contribution >= 0.6 is 0 Å². The molecule has 2 N–H and O–H groups in total. The Balaban J connectivity index is 1.72. The highest BCUT2D eigenvalue weighted by Crippen LogP contribution is 2.16. The van der Waals surface area contributed by atoms with Gasteiger partial charge in [-0.3, -0.25) is 4.79 Å². The molecule has 0 aliphatic heterocycles. The van der Waals surface area contributed by atoms with Crippen LogP contribution in [0, 0.1) is 5.82 Å². The maximum Gasteiger partial charge on any atom is 0.224 e. The Morgan fingerprint density at radius 1 is 1.17 bits per heavy atom. The van der Waals surface area contributed by atoms with Gasteiger partial charge in [0.25, 0.3) is 0 Å². The molecule has 0 unspecified atom stereocenters. The zero-order valence-electron chi connectivity index (χ0n) is 12.1. The van der Waals surface area contributed by atoms with Crippen LogP contribution < -0.4 is 0 Å². The summed E-state index contributed by atoms with van der Waals surface area (Å²) >= 11 is 0. The third-order valence-electron chi connectivity index (χ3n) is 3.36. The highest BCUT2D eigenvalue weighted by molar-refractivity contribution is 6.05. The lowest BCUT2D eigenvalue weighted by molar-refractivity contribution is 0.101. The largest absolute Gasteiger partial charge is 0.507 e. The van der Waals surface area contributed by atoms with Crippen LogP contribution in [0.5, 0.6) is 0 Å². The van der Waals surface area contributed by atoms with E-state index >= 15 is 0 Å². The number of benzene rings is 1. The van der Waals surface area contributed by atoms with Crippen molar-refractivity contribution < 1.29 is 18.7 Å². The number of hydrogen-bond acceptors (Lipinski definition) is 3. The van der Waals surface area contributed by atoms with Crippen LogP contribution in [0.25, 0.3) is 5.76 Å². The van der Waals surface area contributed by atoms with Crippen molar-refractivity contribution in [1.29, 1.82) is 0 Å². The van der Waals surface area contributed by atoms with Gasteiger partial charge in [-0.2, -0.15) is 0 Å². The molecule has 5 heteroatoms. The molecule has 1 aromatic carbocycles. The first-order valence-electron chi connectivity index (χ1n) is 7.03. The number of aromatic nitrogens is 1. The molecule has 116 valence electrons. The van der Waals surface area contributed by atoms with Crippen LogP contribution in [0.15, 0.2) is 65.4 Å². The number of H-pyrrole nitrogens is 1. The summed E-state index contributed by atoms with van der Waals surface area (Å²) in [6.45, 7) is 0. The molecule has 0 radical (unpaired) electrons. The average Bonchev–Trinajstić information content (AvgIpc) is 3.21. The van der Waals surface area contributed by atoms with Gasteiger partial charge >= 0.3 is 0 Å². The van der Waals surface area contributed by atoms with E-state index in [2.05, 4.69) is 4.98 Å². The van der Waals surface area contributed by atoms with Gasteiger partial charge in [0.2, 0.25) is 5.78 Å². The van der Waals surface area contributed by atoms with E-state index in [9.17, 15) is 14.3 Å². The van der Waals surface area contributed by atoms with Crippen LogP contribution in [0.3, 0.4) is 0 Å². The molecule has 0 fully saturated rings. The van der Waals surface area contributed by atoms with Crippen molar-refractivity contribution in [2.45, 2.75) is 6.42 Å². The molecular weight excluding hydrogens is 297 g/mol. The molecule has 23 heavy (non-hydrogen) atoms. The minimum atomic E-state index is -0.422. The fourth-order valence-corrected chi connectivity index (χ4v) is 2.17. The third kappa shape index (κ3) is 3.58. The molecule has 0 saturated carbocycles. The van der Waals surface area contributed by atoms with Crippen molar-refractivity contribution in [3.8, 4) is 0 Å². The summed E-state index contributed by atoms with van der Waals surface area (Å²) in [5, 5.41) is 9.85. The number of aliphatic hydroxyl groups is 1. The van der Waals surface area contributed by atoms with E-state index in [1.165, 1.54) is 12.1 Å². The molecule has 2 heterocycles. The molecule has 0 atom stereocenters. The molecule has 2 aromatic heterocycles. The summed E-state index contributed by atoms with van der Waals surface area (Å²) < 4.78 is 18.4. The van der Waals surface area contributed by atoms with Crippen molar-refractivity contribution in [3.63, 3.8) is 0 Å². The van der Waals surface area contributed by atoms with Gasteiger partial charge in [-0.25, -0.2) is 4.39 Å². The van der Waals surface area contributed by atoms with E-state index < -0.39 is 5.78 Å². The summed E-state index contributed by atoms with van der Waals surface area (Å²) in [7, 11) is 0. The van der Waals surface area contributed by atoms with Gasteiger partial charge in [0.1, 0.15) is 17.3 Å². The van der Waals surface area contributed by atoms with Gasteiger partial charge < -0.3 is 14.5 Å². The molecule has 3 aromatic rings. The normalized spacial score (nSPS) is 11.6. The predicted octanol–water partition coefficient (Wildman–Crippen LogP) is 4.12. The number of aliphatic hydroxyl groups excluding tert-OH is 1. The minimum absolute atomic E-state index is 0.132. The van der Waals surface area contributed by atoms with Gasteiger partial charge in [0.15, 0.2) is 5.76 Å². The Labute approximate surface area is 131 Å². The number of allylic oxidation sites excluding steroid dienone is 1. The summed E-state index contributed by atoms with van der Waals surface area (Å²) in [4.78, 5) is 14.9. The van der Waals surface area contributed by atoms with Crippen molar-refractivity contribution in [2.75, 3.05) is 0 Å². The van der Waals surface area contributed by atoms with Crippen LogP contribution in [0.1, 0.15) is 27.4 Å². The maximum absolute atomic E-state index is 12.9. The monoisotopic (exact) mass is 311 g/mol. The molecule has 3 rings (SSSR count). The maximum atomic E-state index is 12.9. The SMILES string of the molecule is O=C(C=C(O)c1cc[nH]c1)c1ccc(Cc2ccc(F)cc2)o1. The Kier molecular flexibility index (Phi) is 4.10. The number of furan rings is 1. The van der Waals surface area contributed by atoms with E-state index in [0.717, 1.165) is 11.6 Å². The number of nitrogens with one attached hydrogen (secondary N) is 1. The smallest absolute Gasteiger partial charge is 0.224 e. The van der Waals surface area contributed by atoms with Crippen molar-refractivity contribution >= 4 is 11.5 Å². The number of carbonyl (C=O) groups is 1. The molecule has 0 saturated heterocycles. The van der Waals surface area contributed by atoms with Crippen molar-refractivity contribution in [1.82, 2.24) is 4.98 Å². The average molecular weight is 311 g/mol. The van der Waals surface area contributed by atoms with Crippen LogP contribution in [0.2, 0.25) is 0 Å². The van der Waals surface area contributed by atoms with Crippen molar-refractivity contribution in [3.05, 3.63) is 89.4 Å². The van der Waals surface area contributed by atoms with Gasteiger partial charge in [0.05, 0.1) is 0 Å². The highest BCUT2D eigenvalue weighted by Gasteiger charge is 2.11. The number of aromatic amines is 1. The predicted molar refractivity (Wildman–Crippen MR) is 83.6 cm³/mol. The third-order valence-corrected chi connectivity index (χ3v) is 3.36. The number of carbonyl (C=O) groups excluding carboxylic acids is 1. The molecule has 0 aliphatic rings. The van der Waals surface area contributed by atoms with E-state index in [-0.39, 0.29) is 17.3 Å². The molecule has 0 amide bonds. The molecule has 0 bridgehead atoms. The topological polar surface area (TPSA) is 66.2 Å². The standard InChI is InChI=1S/C18H14FNO3/c19-14-3-1-12(2-4-14)9-15-5-6-18(23-15)17(22)10-16(21)13-7-8-20-11-13/h1-8,10-11,20-21H,9H2. The van der Waals surface area contributed by atoms with Crippen molar-refractivity contribution in [2.24, 2.45) is 0 Å². The minimum Gasteiger partial charge on any atom is -0.507 e. The first-order valence-corrected chi connectivity index (χ1v) is 7.03. The number of hydrogen-bond donors (Lipinski definition) is 2. The lowest BCUT2D eigenvalue weighted by Gasteiger charge is -1.98. The Hall–Kier alpha value is -3.08. The first kappa shape index (κ1) is 14.8. The number of ketones is 1. The van der Waals surface area contributed by atoms with Gasteiger partial charge in [-0.15, -0.1) is 0 Å². The Bertz CT molecular complexity index is 830. The van der Waals surface area contributed by atoms with E-state index in [0.29, 0.717) is 17.7 Å². The zero-order chi connectivity index (χ0) is 16.2. The second-order valence-corrected chi connectivity index (χ2v) is 5.06.